The summed E-state index contributed by atoms with van der Waals surface area (Å²) < 4.78 is 31.4. The molecule has 0 radical (unpaired) electrons. The zero-order valence-corrected chi connectivity index (χ0v) is 11.4. The highest BCUT2D eigenvalue weighted by Gasteiger charge is 2.19. The van der Waals surface area contributed by atoms with E-state index in [1.165, 1.54) is 12.3 Å². The largest absolute Gasteiger partial charge is 0.444 e. The summed E-state index contributed by atoms with van der Waals surface area (Å²) in [6.07, 6.45) is 3.00. The van der Waals surface area contributed by atoms with Gasteiger partial charge < -0.3 is 9.52 Å². The lowest BCUT2D eigenvalue weighted by Gasteiger charge is -2.29. The molecule has 1 aliphatic rings. The van der Waals surface area contributed by atoms with Crippen LogP contribution in [-0.4, -0.2) is 34.2 Å². The highest BCUT2D eigenvalue weighted by atomic mass is 19.2. The van der Waals surface area contributed by atoms with Crippen LogP contribution in [0.25, 0.3) is 11.5 Å². The fourth-order valence-electron chi connectivity index (χ4n) is 2.55. The number of piperidine rings is 1. The van der Waals surface area contributed by atoms with Gasteiger partial charge in [0.15, 0.2) is 11.6 Å². The minimum atomic E-state index is -0.925. The quantitative estimate of drug-likeness (QED) is 0.945. The molecule has 1 aliphatic heterocycles. The average Bonchev–Trinajstić information content (AvgIpc) is 2.90. The highest BCUT2D eigenvalue weighted by Crippen LogP contribution is 2.22. The highest BCUT2D eigenvalue weighted by molar-refractivity contribution is 5.53. The summed E-state index contributed by atoms with van der Waals surface area (Å²) in [6, 6.07) is 3.55. The molecule has 21 heavy (non-hydrogen) atoms. The van der Waals surface area contributed by atoms with E-state index in [4.69, 9.17) is 4.42 Å². The van der Waals surface area contributed by atoms with Gasteiger partial charge in [0.05, 0.1) is 11.8 Å². The number of hydrogen-bond donors (Lipinski definition) is 1. The van der Waals surface area contributed by atoms with Crippen molar-refractivity contribution in [2.75, 3.05) is 13.1 Å². The zero-order valence-electron chi connectivity index (χ0n) is 11.4. The van der Waals surface area contributed by atoms with Gasteiger partial charge in [-0.2, -0.15) is 0 Å². The predicted octanol–water partition coefficient (Wildman–Crippen LogP) is 2.58. The van der Waals surface area contributed by atoms with Crippen LogP contribution in [0.3, 0.4) is 0 Å². The van der Waals surface area contributed by atoms with Crippen LogP contribution >= 0.6 is 0 Å². The van der Waals surface area contributed by atoms with Crippen molar-refractivity contribution in [3.05, 3.63) is 41.8 Å². The fourth-order valence-corrected chi connectivity index (χ4v) is 2.55. The van der Waals surface area contributed by atoms with Crippen LogP contribution in [0.1, 0.15) is 18.5 Å². The van der Waals surface area contributed by atoms with Crippen LogP contribution in [0.15, 0.2) is 28.9 Å². The van der Waals surface area contributed by atoms with E-state index in [9.17, 15) is 13.9 Å². The van der Waals surface area contributed by atoms with Gasteiger partial charge in [0.25, 0.3) is 0 Å². The summed E-state index contributed by atoms with van der Waals surface area (Å²) in [4.78, 5) is 6.39. The number of aromatic nitrogens is 1. The Kier molecular flexibility index (Phi) is 3.98. The molecule has 4 nitrogen and oxygen atoms in total. The monoisotopic (exact) mass is 294 g/mol. The van der Waals surface area contributed by atoms with Crippen molar-refractivity contribution in [1.82, 2.24) is 9.88 Å². The molecule has 112 valence electrons. The molecule has 1 atom stereocenters. The second-order valence-electron chi connectivity index (χ2n) is 5.30. The van der Waals surface area contributed by atoms with E-state index in [0.29, 0.717) is 24.3 Å². The lowest BCUT2D eigenvalue weighted by Crippen LogP contribution is -2.37. The third kappa shape index (κ3) is 3.28. The Hall–Kier alpha value is -1.79. The third-order valence-electron chi connectivity index (χ3n) is 3.58. The second kappa shape index (κ2) is 5.91. The molecule has 1 aromatic carbocycles. The minimum Gasteiger partial charge on any atom is -0.444 e. The average molecular weight is 294 g/mol. The van der Waals surface area contributed by atoms with Crippen LogP contribution in [0.2, 0.25) is 0 Å². The molecule has 0 amide bonds. The number of aliphatic hydroxyl groups is 1. The van der Waals surface area contributed by atoms with Crippen molar-refractivity contribution in [2.24, 2.45) is 0 Å². The summed E-state index contributed by atoms with van der Waals surface area (Å²) in [7, 11) is 0. The molecule has 0 aliphatic carbocycles. The van der Waals surface area contributed by atoms with Crippen molar-refractivity contribution >= 4 is 0 Å². The van der Waals surface area contributed by atoms with E-state index in [-0.39, 0.29) is 12.0 Å². The van der Waals surface area contributed by atoms with E-state index >= 15 is 0 Å². The number of hydrogen-bond acceptors (Lipinski definition) is 4. The topological polar surface area (TPSA) is 49.5 Å². The first kappa shape index (κ1) is 14.2. The maximum absolute atomic E-state index is 13.2. The van der Waals surface area contributed by atoms with Crippen molar-refractivity contribution in [3.8, 4) is 11.5 Å². The first-order valence-corrected chi connectivity index (χ1v) is 6.92. The van der Waals surface area contributed by atoms with Crippen molar-refractivity contribution < 1.29 is 18.3 Å². The Morgan fingerprint density at radius 2 is 2.19 bits per heavy atom. The SMILES string of the molecule is OC1CCCN(Cc2coc(-c3ccc(F)c(F)c3)n2)C1. The Balaban J connectivity index is 1.72. The van der Waals surface area contributed by atoms with Gasteiger partial charge in [0.1, 0.15) is 6.26 Å². The van der Waals surface area contributed by atoms with Gasteiger partial charge >= 0.3 is 0 Å². The van der Waals surface area contributed by atoms with E-state index in [1.807, 2.05) is 0 Å². The van der Waals surface area contributed by atoms with Crippen molar-refractivity contribution in [2.45, 2.75) is 25.5 Å². The molecule has 3 rings (SSSR count). The number of oxazole rings is 1. The van der Waals surface area contributed by atoms with E-state index in [1.54, 1.807) is 0 Å². The molecule has 0 bridgehead atoms. The molecule has 1 aromatic heterocycles. The van der Waals surface area contributed by atoms with Crippen LogP contribution < -0.4 is 0 Å². The number of nitrogens with zero attached hydrogens (tertiary/aromatic N) is 2. The Bertz CT molecular complexity index is 630. The Morgan fingerprint density at radius 1 is 1.33 bits per heavy atom. The zero-order chi connectivity index (χ0) is 14.8. The summed E-state index contributed by atoms with van der Waals surface area (Å²) in [5.74, 6) is -1.55. The molecular formula is C15H16F2N2O2. The lowest BCUT2D eigenvalue weighted by atomic mass is 10.1. The van der Waals surface area contributed by atoms with Gasteiger partial charge in [-0.25, -0.2) is 13.8 Å². The number of aliphatic hydroxyl groups excluding tert-OH is 1. The first-order valence-electron chi connectivity index (χ1n) is 6.92. The maximum Gasteiger partial charge on any atom is 0.226 e. The number of likely N-dealkylation sites (tertiary alicyclic amines) is 1. The van der Waals surface area contributed by atoms with Gasteiger partial charge in [-0.15, -0.1) is 0 Å². The van der Waals surface area contributed by atoms with Crippen LogP contribution in [0.5, 0.6) is 0 Å². The Labute approximate surface area is 121 Å². The molecule has 2 aromatic rings. The number of β-amino-alcohol motifs (C(OH)–C–C–N with tert-alkyl or cyclic N) is 1. The van der Waals surface area contributed by atoms with Crippen LogP contribution in [0.4, 0.5) is 8.78 Å². The molecule has 0 spiro atoms. The third-order valence-corrected chi connectivity index (χ3v) is 3.58. The van der Waals surface area contributed by atoms with Gasteiger partial charge in [0, 0.05) is 18.7 Å². The van der Waals surface area contributed by atoms with E-state index in [2.05, 4.69) is 9.88 Å². The molecule has 2 heterocycles. The molecule has 1 saturated heterocycles. The smallest absolute Gasteiger partial charge is 0.226 e. The molecule has 1 fully saturated rings. The second-order valence-corrected chi connectivity index (χ2v) is 5.30. The van der Waals surface area contributed by atoms with E-state index in [0.717, 1.165) is 31.5 Å². The normalized spacial score (nSPS) is 19.9. The standard InChI is InChI=1S/C15H16F2N2O2/c16-13-4-3-10(6-14(13)17)15-18-11(9-21-15)7-19-5-1-2-12(20)8-19/h3-4,6,9,12,20H,1-2,5,7-8H2. The molecule has 1 N–H and O–H groups in total. The van der Waals surface area contributed by atoms with Gasteiger partial charge in [-0.3, -0.25) is 4.90 Å². The fraction of sp³-hybridized carbons (Fsp3) is 0.400. The van der Waals surface area contributed by atoms with Crippen molar-refractivity contribution in [1.29, 1.82) is 0 Å². The van der Waals surface area contributed by atoms with Gasteiger partial charge in [0.2, 0.25) is 5.89 Å². The minimum absolute atomic E-state index is 0.265. The van der Waals surface area contributed by atoms with E-state index < -0.39 is 11.6 Å². The summed E-state index contributed by atoms with van der Waals surface area (Å²) >= 11 is 0. The molecule has 0 saturated carbocycles. The molecule has 1 unspecified atom stereocenters. The number of benzene rings is 1. The molecule has 6 heteroatoms. The summed E-state index contributed by atoms with van der Waals surface area (Å²) in [5, 5.41) is 9.63. The molecular weight excluding hydrogens is 278 g/mol. The maximum atomic E-state index is 13.2. The van der Waals surface area contributed by atoms with Gasteiger partial charge in [-0.1, -0.05) is 0 Å². The Morgan fingerprint density at radius 3 is 2.95 bits per heavy atom. The summed E-state index contributed by atoms with van der Waals surface area (Å²) in [5.41, 5.74) is 1.11. The first-order chi connectivity index (χ1) is 10.1. The van der Waals surface area contributed by atoms with Crippen LogP contribution in [-0.2, 0) is 6.54 Å². The van der Waals surface area contributed by atoms with Gasteiger partial charge in [-0.05, 0) is 37.6 Å². The summed E-state index contributed by atoms with van der Waals surface area (Å²) in [6.45, 7) is 2.10. The number of halogens is 2. The van der Waals surface area contributed by atoms with Crippen LogP contribution in [0, 0.1) is 11.6 Å². The van der Waals surface area contributed by atoms with Crippen molar-refractivity contribution in [3.63, 3.8) is 0 Å². The number of rotatable bonds is 3. The lowest BCUT2D eigenvalue weighted by molar-refractivity contribution is 0.0662. The predicted molar refractivity (Wildman–Crippen MR) is 72.4 cm³/mol.